The quantitative estimate of drug-likeness (QED) is 0.641. The van der Waals surface area contributed by atoms with E-state index in [1.54, 1.807) is 0 Å². The Morgan fingerprint density at radius 1 is 0.880 bits per heavy atom. The molecule has 0 heterocycles. The van der Waals surface area contributed by atoms with Crippen molar-refractivity contribution in [2.24, 2.45) is 0 Å². The second-order valence-electron chi connectivity index (χ2n) is 5.34. The van der Waals surface area contributed by atoms with Gasteiger partial charge in [0.2, 0.25) is 0 Å². The van der Waals surface area contributed by atoms with E-state index in [4.69, 9.17) is 0 Å². The van der Waals surface area contributed by atoms with E-state index in [1.165, 1.54) is 12.1 Å². The maximum atomic E-state index is 12.9. The summed E-state index contributed by atoms with van der Waals surface area (Å²) in [4.78, 5) is 23.5. The smallest absolute Gasteiger partial charge is 0.348 e. The molecule has 2 amide bonds. The first-order valence-corrected chi connectivity index (χ1v) is 7.67. The van der Waals surface area contributed by atoms with Gasteiger partial charge in [0, 0.05) is 6.54 Å². The summed E-state index contributed by atoms with van der Waals surface area (Å²) in [7, 11) is 0. The lowest BCUT2D eigenvalue weighted by molar-refractivity contribution is -0.138. The lowest BCUT2D eigenvalue weighted by Gasteiger charge is -2.13. The Morgan fingerprint density at radius 2 is 1.52 bits per heavy atom. The third-order valence-corrected chi connectivity index (χ3v) is 3.46. The summed E-state index contributed by atoms with van der Waals surface area (Å²) in [6, 6.07) is 14.1. The summed E-state index contributed by atoms with van der Waals surface area (Å²) >= 11 is 0. The summed E-state index contributed by atoms with van der Waals surface area (Å²) in [6.07, 6.45) is -3.28. The summed E-state index contributed by atoms with van der Waals surface area (Å²) in [5, 5.41) is 4.40. The Labute approximate surface area is 143 Å². The lowest BCUT2D eigenvalue weighted by Crippen LogP contribution is -2.36. The van der Waals surface area contributed by atoms with Crippen molar-refractivity contribution in [1.82, 2.24) is 5.32 Å². The molecule has 2 aromatic rings. The molecule has 25 heavy (non-hydrogen) atoms. The SMILES string of the molecule is O=C(NCCCc1ccccc1)C(=O)Nc1ccccc1C(F)(F)F. The largest absolute Gasteiger partial charge is 0.418 e. The van der Waals surface area contributed by atoms with E-state index in [0.29, 0.717) is 6.42 Å². The number of hydrogen-bond acceptors (Lipinski definition) is 2. The summed E-state index contributed by atoms with van der Waals surface area (Å²) in [5.41, 5.74) is -0.347. The lowest BCUT2D eigenvalue weighted by atomic mass is 10.1. The first-order chi connectivity index (χ1) is 11.9. The van der Waals surface area contributed by atoms with Crippen LogP contribution in [0, 0.1) is 0 Å². The zero-order valence-electron chi connectivity index (χ0n) is 13.3. The van der Waals surface area contributed by atoms with Gasteiger partial charge in [-0.1, -0.05) is 42.5 Å². The molecule has 0 atom stereocenters. The standard InChI is InChI=1S/C18H17F3N2O2/c19-18(20,21)14-10-4-5-11-15(14)23-17(25)16(24)22-12-6-9-13-7-2-1-3-8-13/h1-5,7-8,10-11H,6,9,12H2,(H,22,24)(H,23,25). The molecule has 132 valence electrons. The number of aryl methyl sites for hydroxylation is 1. The highest BCUT2D eigenvalue weighted by molar-refractivity contribution is 6.39. The summed E-state index contributed by atoms with van der Waals surface area (Å²) in [5.74, 6) is -2.10. The fourth-order valence-corrected chi connectivity index (χ4v) is 2.24. The maximum absolute atomic E-state index is 12.9. The number of halogens is 3. The van der Waals surface area contributed by atoms with Crippen LogP contribution in [0.3, 0.4) is 0 Å². The highest BCUT2D eigenvalue weighted by atomic mass is 19.4. The van der Waals surface area contributed by atoms with Crippen LogP contribution in [0.15, 0.2) is 54.6 Å². The van der Waals surface area contributed by atoms with Gasteiger partial charge < -0.3 is 10.6 Å². The van der Waals surface area contributed by atoms with Gasteiger partial charge in [-0.2, -0.15) is 13.2 Å². The monoisotopic (exact) mass is 350 g/mol. The Kier molecular flexibility index (Phi) is 6.16. The van der Waals surface area contributed by atoms with Crippen LogP contribution in [-0.2, 0) is 22.2 Å². The van der Waals surface area contributed by atoms with E-state index in [0.717, 1.165) is 24.1 Å². The Balaban J connectivity index is 1.84. The molecule has 0 aliphatic heterocycles. The number of carbonyl (C=O) groups is 2. The van der Waals surface area contributed by atoms with Crippen molar-refractivity contribution in [3.63, 3.8) is 0 Å². The Hall–Kier alpha value is -2.83. The molecule has 0 saturated carbocycles. The fraction of sp³-hybridized carbons (Fsp3) is 0.222. The molecule has 2 rings (SSSR count). The van der Waals surface area contributed by atoms with Crippen molar-refractivity contribution in [2.75, 3.05) is 11.9 Å². The molecule has 0 spiro atoms. The number of anilines is 1. The average molecular weight is 350 g/mol. The predicted octanol–water partition coefficient (Wildman–Crippen LogP) is 3.39. The minimum Gasteiger partial charge on any atom is -0.348 e. The molecular formula is C18H17F3N2O2. The molecule has 2 N–H and O–H groups in total. The zero-order chi connectivity index (χ0) is 18.3. The van der Waals surface area contributed by atoms with Gasteiger partial charge in [-0.05, 0) is 30.5 Å². The van der Waals surface area contributed by atoms with Crippen molar-refractivity contribution >= 4 is 17.5 Å². The molecule has 0 radical (unpaired) electrons. The van der Waals surface area contributed by atoms with Gasteiger partial charge in [0.15, 0.2) is 0 Å². The van der Waals surface area contributed by atoms with Crippen LogP contribution >= 0.6 is 0 Å². The number of amides is 2. The second-order valence-corrected chi connectivity index (χ2v) is 5.34. The van der Waals surface area contributed by atoms with Crippen LogP contribution in [0.25, 0.3) is 0 Å². The van der Waals surface area contributed by atoms with Gasteiger partial charge in [-0.3, -0.25) is 9.59 Å². The van der Waals surface area contributed by atoms with E-state index in [1.807, 2.05) is 35.6 Å². The minimum absolute atomic E-state index is 0.252. The van der Waals surface area contributed by atoms with Crippen molar-refractivity contribution in [2.45, 2.75) is 19.0 Å². The first kappa shape index (κ1) is 18.5. The number of hydrogen-bond donors (Lipinski definition) is 2. The number of benzene rings is 2. The van der Waals surface area contributed by atoms with Crippen LogP contribution in [0.4, 0.5) is 18.9 Å². The molecule has 0 aliphatic carbocycles. The van der Waals surface area contributed by atoms with Gasteiger partial charge in [-0.15, -0.1) is 0 Å². The van der Waals surface area contributed by atoms with Gasteiger partial charge in [0.25, 0.3) is 0 Å². The molecule has 0 bridgehead atoms. The van der Waals surface area contributed by atoms with Crippen LogP contribution in [-0.4, -0.2) is 18.4 Å². The molecule has 0 saturated heterocycles. The van der Waals surface area contributed by atoms with Crippen molar-refractivity contribution in [3.8, 4) is 0 Å². The molecule has 2 aromatic carbocycles. The average Bonchev–Trinajstić information content (AvgIpc) is 2.59. The first-order valence-electron chi connectivity index (χ1n) is 7.67. The Morgan fingerprint density at radius 3 is 2.20 bits per heavy atom. The fourth-order valence-electron chi connectivity index (χ4n) is 2.24. The molecule has 7 heteroatoms. The highest BCUT2D eigenvalue weighted by Crippen LogP contribution is 2.34. The summed E-state index contributed by atoms with van der Waals surface area (Å²) < 4.78 is 38.6. The molecule has 4 nitrogen and oxygen atoms in total. The molecule has 0 aliphatic rings. The number of alkyl halides is 3. The van der Waals surface area contributed by atoms with E-state index in [-0.39, 0.29) is 6.54 Å². The van der Waals surface area contributed by atoms with Gasteiger partial charge >= 0.3 is 18.0 Å². The van der Waals surface area contributed by atoms with Crippen LogP contribution < -0.4 is 10.6 Å². The van der Waals surface area contributed by atoms with Crippen LogP contribution in [0.2, 0.25) is 0 Å². The predicted molar refractivity (Wildman–Crippen MR) is 87.8 cm³/mol. The van der Waals surface area contributed by atoms with Gasteiger partial charge in [0.05, 0.1) is 11.3 Å². The zero-order valence-corrected chi connectivity index (χ0v) is 13.3. The third-order valence-electron chi connectivity index (χ3n) is 3.46. The number of carbonyl (C=O) groups excluding carboxylic acids is 2. The third kappa shape index (κ3) is 5.63. The molecular weight excluding hydrogens is 333 g/mol. The van der Waals surface area contributed by atoms with Gasteiger partial charge in [0.1, 0.15) is 0 Å². The second kappa shape index (κ2) is 8.32. The molecule has 0 aromatic heterocycles. The van der Waals surface area contributed by atoms with E-state index in [9.17, 15) is 22.8 Å². The number of nitrogens with one attached hydrogen (secondary N) is 2. The van der Waals surface area contributed by atoms with Crippen molar-refractivity contribution in [3.05, 3.63) is 65.7 Å². The van der Waals surface area contributed by atoms with Crippen LogP contribution in [0.1, 0.15) is 17.5 Å². The molecule has 0 fully saturated rings. The highest BCUT2D eigenvalue weighted by Gasteiger charge is 2.33. The topological polar surface area (TPSA) is 58.2 Å². The normalized spacial score (nSPS) is 11.0. The minimum atomic E-state index is -4.62. The van der Waals surface area contributed by atoms with Gasteiger partial charge in [-0.25, -0.2) is 0 Å². The number of para-hydroxylation sites is 1. The van der Waals surface area contributed by atoms with E-state index < -0.39 is 29.2 Å². The van der Waals surface area contributed by atoms with Crippen molar-refractivity contribution < 1.29 is 22.8 Å². The summed E-state index contributed by atoms with van der Waals surface area (Å²) in [6.45, 7) is 0.252. The maximum Gasteiger partial charge on any atom is 0.418 e. The van der Waals surface area contributed by atoms with Crippen LogP contribution in [0.5, 0.6) is 0 Å². The Bertz CT molecular complexity index is 731. The van der Waals surface area contributed by atoms with Crippen molar-refractivity contribution in [1.29, 1.82) is 0 Å². The number of rotatable bonds is 5. The van der Waals surface area contributed by atoms with E-state index >= 15 is 0 Å². The molecule has 0 unspecified atom stereocenters. The van der Waals surface area contributed by atoms with E-state index in [2.05, 4.69) is 5.32 Å².